The van der Waals surface area contributed by atoms with Crippen molar-refractivity contribution in [2.75, 3.05) is 13.9 Å². The van der Waals surface area contributed by atoms with Gasteiger partial charge in [0, 0.05) is 0 Å². The first kappa shape index (κ1) is 21.6. The van der Waals surface area contributed by atoms with E-state index in [1.807, 2.05) is 18.2 Å². The number of hydrogen-bond acceptors (Lipinski definition) is 7. The number of fused-ring (bicyclic) bond motifs is 2. The Kier molecular flexibility index (Phi) is 5.69. The number of nitrogens with one attached hydrogen (secondary N) is 1. The summed E-state index contributed by atoms with van der Waals surface area (Å²) in [6, 6.07) is 15.5. The molecule has 0 saturated carbocycles. The number of aromatic nitrogens is 2. The average Bonchev–Trinajstić information content (AvgIpc) is 3.31. The quantitative estimate of drug-likeness (QED) is 0.424. The van der Waals surface area contributed by atoms with Gasteiger partial charge >= 0.3 is 5.69 Å². The number of H-pyrrole nitrogens is 1. The van der Waals surface area contributed by atoms with Gasteiger partial charge in [0.1, 0.15) is 6.61 Å². The van der Waals surface area contributed by atoms with E-state index >= 15 is 0 Å². The number of rotatable bonds is 6. The summed E-state index contributed by atoms with van der Waals surface area (Å²) in [5.74, 6) is 2.06. The number of hydrogen-bond donors (Lipinski definition) is 1. The molecule has 1 aliphatic heterocycles. The van der Waals surface area contributed by atoms with Crippen molar-refractivity contribution in [3.05, 3.63) is 91.6 Å². The summed E-state index contributed by atoms with van der Waals surface area (Å²) >= 11 is 6.45. The highest BCUT2D eigenvalue weighted by atomic mass is 35.5. The number of ether oxygens (including phenoxy) is 4. The Morgan fingerprint density at radius 2 is 1.94 bits per heavy atom. The molecule has 5 rings (SSSR count). The summed E-state index contributed by atoms with van der Waals surface area (Å²) in [6.45, 7) is 0.418. The Bertz CT molecular complexity index is 1540. The molecule has 9 nitrogen and oxygen atoms in total. The van der Waals surface area contributed by atoms with Gasteiger partial charge in [0.05, 0.1) is 29.2 Å². The lowest BCUT2D eigenvalue weighted by Crippen LogP contribution is -2.32. The zero-order valence-electron chi connectivity index (χ0n) is 17.9. The highest BCUT2D eigenvalue weighted by molar-refractivity contribution is 6.32. The van der Waals surface area contributed by atoms with E-state index in [1.54, 1.807) is 36.4 Å². The van der Waals surface area contributed by atoms with Gasteiger partial charge in [0.2, 0.25) is 6.79 Å². The normalized spacial score (nSPS) is 12.4. The van der Waals surface area contributed by atoms with Crippen LogP contribution in [0.15, 0.2) is 69.3 Å². The highest BCUT2D eigenvalue weighted by Crippen LogP contribution is 2.37. The molecule has 0 unspecified atom stereocenters. The first-order valence-electron chi connectivity index (χ1n) is 10.2. The van der Waals surface area contributed by atoms with Gasteiger partial charge in [-0.3, -0.25) is 4.79 Å². The molecule has 34 heavy (non-hydrogen) atoms. The molecule has 0 radical (unpaired) electrons. The van der Waals surface area contributed by atoms with Gasteiger partial charge in [-0.1, -0.05) is 29.8 Å². The van der Waals surface area contributed by atoms with Gasteiger partial charge in [0.25, 0.3) is 5.56 Å². The molecule has 10 heteroatoms. The van der Waals surface area contributed by atoms with Crippen LogP contribution < -0.4 is 30.2 Å². The molecule has 0 atom stereocenters. The van der Waals surface area contributed by atoms with Crippen molar-refractivity contribution in [1.29, 1.82) is 0 Å². The van der Waals surface area contributed by atoms with Crippen molar-refractivity contribution in [3.8, 4) is 23.0 Å². The number of benzene rings is 3. The molecule has 1 N–H and O–H groups in total. The monoisotopic (exact) mass is 479 g/mol. The minimum absolute atomic E-state index is 0.194. The number of methoxy groups -OCH3 is 1. The second-order valence-electron chi connectivity index (χ2n) is 7.35. The smallest absolute Gasteiger partial charge is 0.349 e. The van der Waals surface area contributed by atoms with E-state index < -0.39 is 11.2 Å². The molecule has 0 spiro atoms. The molecule has 172 valence electrons. The van der Waals surface area contributed by atoms with Crippen LogP contribution in [0.1, 0.15) is 11.1 Å². The third kappa shape index (κ3) is 4.08. The molecule has 1 aliphatic rings. The molecule has 2 heterocycles. The Morgan fingerprint density at radius 1 is 1.12 bits per heavy atom. The zero-order valence-corrected chi connectivity index (χ0v) is 18.7. The maximum atomic E-state index is 12.6. The lowest BCUT2D eigenvalue weighted by Gasteiger charge is -2.13. The van der Waals surface area contributed by atoms with E-state index in [0.717, 1.165) is 10.2 Å². The van der Waals surface area contributed by atoms with Crippen LogP contribution in [0.5, 0.6) is 23.0 Å². The molecule has 3 aromatic carbocycles. The highest BCUT2D eigenvalue weighted by Gasteiger charge is 2.16. The van der Waals surface area contributed by atoms with E-state index in [2.05, 4.69) is 10.1 Å². The summed E-state index contributed by atoms with van der Waals surface area (Å²) in [4.78, 5) is 27.6. The lowest BCUT2D eigenvalue weighted by molar-refractivity contribution is 0.174. The van der Waals surface area contributed by atoms with Crippen LogP contribution in [0.4, 0.5) is 0 Å². The van der Waals surface area contributed by atoms with Crippen molar-refractivity contribution < 1.29 is 18.9 Å². The number of halogens is 1. The summed E-state index contributed by atoms with van der Waals surface area (Å²) in [7, 11) is 1.48. The Morgan fingerprint density at radius 3 is 2.79 bits per heavy atom. The minimum atomic E-state index is -0.651. The SMILES string of the molecule is COc1cc(C=Nn2c(=O)[nH]c3ccccc3c2=O)cc(Cl)c1OCc1ccc2c(c1)OCO2. The van der Waals surface area contributed by atoms with Gasteiger partial charge in [-0.2, -0.15) is 5.10 Å². The van der Waals surface area contributed by atoms with Gasteiger partial charge in [0.15, 0.2) is 23.0 Å². The van der Waals surface area contributed by atoms with Crippen molar-refractivity contribution in [3.63, 3.8) is 0 Å². The third-order valence-electron chi connectivity index (χ3n) is 5.18. The fraction of sp³-hybridized carbons (Fsp3) is 0.125. The molecule has 0 amide bonds. The lowest BCUT2D eigenvalue weighted by atomic mass is 10.2. The second kappa shape index (κ2) is 8.95. The molecular formula is C24H18ClN3O6. The maximum Gasteiger partial charge on any atom is 0.349 e. The van der Waals surface area contributed by atoms with Crippen LogP contribution in [0.2, 0.25) is 5.02 Å². The fourth-order valence-corrected chi connectivity index (χ4v) is 3.80. The predicted octanol–water partition coefficient (Wildman–Crippen LogP) is 3.54. The Hall–Kier alpha value is -4.24. The first-order chi connectivity index (χ1) is 16.5. The van der Waals surface area contributed by atoms with E-state index in [0.29, 0.717) is 39.5 Å². The maximum absolute atomic E-state index is 12.6. The van der Waals surface area contributed by atoms with Gasteiger partial charge in [-0.25, -0.2) is 4.79 Å². The average molecular weight is 480 g/mol. The number of para-hydroxylation sites is 1. The van der Waals surface area contributed by atoms with Crippen molar-refractivity contribution >= 4 is 28.7 Å². The number of aromatic amines is 1. The standard InChI is InChI=1S/C24H18ClN3O6/c1-31-21-10-15(11-26-28-23(29)16-4-2-3-5-18(16)27-24(28)30)8-17(25)22(21)32-12-14-6-7-19-20(9-14)34-13-33-19/h2-11H,12-13H2,1H3,(H,27,30). The van der Waals surface area contributed by atoms with E-state index in [-0.39, 0.29) is 18.4 Å². The van der Waals surface area contributed by atoms with Gasteiger partial charge in [-0.05, 0) is 47.5 Å². The molecule has 0 bridgehead atoms. The van der Waals surface area contributed by atoms with E-state index in [9.17, 15) is 9.59 Å². The van der Waals surface area contributed by atoms with E-state index in [1.165, 1.54) is 13.3 Å². The van der Waals surface area contributed by atoms with Crippen molar-refractivity contribution in [2.45, 2.75) is 6.61 Å². The van der Waals surface area contributed by atoms with Gasteiger partial charge < -0.3 is 23.9 Å². The largest absolute Gasteiger partial charge is 0.493 e. The summed E-state index contributed by atoms with van der Waals surface area (Å²) in [5, 5.41) is 4.68. The second-order valence-corrected chi connectivity index (χ2v) is 7.75. The van der Waals surface area contributed by atoms with Crippen LogP contribution in [-0.4, -0.2) is 29.8 Å². The van der Waals surface area contributed by atoms with E-state index in [4.69, 9.17) is 30.5 Å². The van der Waals surface area contributed by atoms with Crippen LogP contribution in [0.3, 0.4) is 0 Å². The molecule has 1 aromatic heterocycles. The summed E-state index contributed by atoms with van der Waals surface area (Å²) < 4.78 is 22.8. The molecule has 0 saturated heterocycles. The predicted molar refractivity (Wildman–Crippen MR) is 127 cm³/mol. The first-order valence-corrected chi connectivity index (χ1v) is 10.6. The van der Waals surface area contributed by atoms with Crippen LogP contribution in [-0.2, 0) is 6.61 Å². The molecule has 0 aliphatic carbocycles. The Labute approximate surface area is 197 Å². The van der Waals surface area contributed by atoms with Gasteiger partial charge in [-0.15, -0.1) is 4.68 Å². The van der Waals surface area contributed by atoms with Crippen molar-refractivity contribution in [1.82, 2.24) is 9.66 Å². The molecular weight excluding hydrogens is 462 g/mol. The fourth-order valence-electron chi connectivity index (χ4n) is 3.52. The molecule has 4 aromatic rings. The molecule has 0 fully saturated rings. The van der Waals surface area contributed by atoms with Crippen LogP contribution in [0.25, 0.3) is 10.9 Å². The summed E-state index contributed by atoms with van der Waals surface area (Å²) in [6.07, 6.45) is 1.35. The van der Waals surface area contributed by atoms with Crippen LogP contribution >= 0.6 is 11.6 Å². The minimum Gasteiger partial charge on any atom is -0.493 e. The summed E-state index contributed by atoms with van der Waals surface area (Å²) in [5.41, 5.74) is 0.635. The topological polar surface area (TPSA) is 104 Å². The van der Waals surface area contributed by atoms with Crippen LogP contribution in [0, 0.1) is 0 Å². The number of nitrogens with zero attached hydrogens (tertiary/aromatic N) is 2. The zero-order chi connectivity index (χ0) is 23.7. The Balaban J connectivity index is 1.40. The van der Waals surface area contributed by atoms with Crippen molar-refractivity contribution in [2.24, 2.45) is 5.10 Å². The third-order valence-corrected chi connectivity index (χ3v) is 5.46.